The van der Waals surface area contributed by atoms with E-state index in [0.717, 1.165) is 22.2 Å². The third kappa shape index (κ3) is 5.02. The summed E-state index contributed by atoms with van der Waals surface area (Å²) in [6, 6.07) is 21.5. The molecule has 0 aliphatic rings. The average Bonchev–Trinajstić information content (AvgIpc) is 3.17. The number of urea groups is 1. The first-order valence-electron chi connectivity index (χ1n) is 9.78. The van der Waals surface area contributed by atoms with Gasteiger partial charge in [-0.25, -0.2) is 4.79 Å². The number of aromatic amines is 1. The lowest BCUT2D eigenvalue weighted by atomic mass is 10.1. The van der Waals surface area contributed by atoms with Crippen molar-refractivity contribution in [3.63, 3.8) is 0 Å². The Kier molecular flexibility index (Phi) is 5.84. The largest absolute Gasteiger partial charge is 0.497 e. The number of anilines is 3. The van der Waals surface area contributed by atoms with Gasteiger partial charge in [-0.2, -0.15) is 0 Å². The predicted octanol–water partition coefficient (Wildman–Crippen LogP) is 5.00. The van der Waals surface area contributed by atoms with E-state index in [9.17, 15) is 9.59 Å². The summed E-state index contributed by atoms with van der Waals surface area (Å²) in [4.78, 5) is 27.7. The molecule has 0 saturated carbocycles. The molecular weight excluding hydrogens is 392 g/mol. The Labute approximate surface area is 179 Å². The minimum Gasteiger partial charge on any atom is -0.497 e. The zero-order valence-electron chi connectivity index (χ0n) is 16.9. The maximum Gasteiger partial charge on any atom is 0.323 e. The summed E-state index contributed by atoms with van der Waals surface area (Å²) in [5.74, 6) is 0.611. The zero-order chi connectivity index (χ0) is 21.6. The molecule has 0 unspecified atom stereocenters. The molecule has 0 fully saturated rings. The summed E-state index contributed by atoms with van der Waals surface area (Å²) in [6.45, 7) is 0. The van der Waals surface area contributed by atoms with Crippen molar-refractivity contribution >= 4 is 39.9 Å². The number of para-hydroxylation sites is 1. The first-order valence-corrected chi connectivity index (χ1v) is 9.78. The van der Waals surface area contributed by atoms with Crippen LogP contribution < -0.4 is 20.7 Å². The molecule has 156 valence electrons. The smallest absolute Gasteiger partial charge is 0.323 e. The monoisotopic (exact) mass is 414 g/mol. The van der Waals surface area contributed by atoms with Gasteiger partial charge >= 0.3 is 6.03 Å². The van der Waals surface area contributed by atoms with Crippen LogP contribution in [0.5, 0.6) is 5.75 Å². The van der Waals surface area contributed by atoms with E-state index in [1.807, 2.05) is 54.7 Å². The highest BCUT2D eigenvalue weighted by Gasteiger charge is 2.10. The van der Waals surface area contributed by atoms with Crippen LogP contribution in [0, 0.1) is 0 Å². The molecule has 7 nitrogen and oxygen atoms in total. The van der Waals surface area contributed by atoms with Crippen LogP contribution in [-0.4, -0.2) is 24.0 Å². The molecule has 0 aliphatic heterocycles. The lowest BCUT2D eigenvalue weighted by Crippen LogP contribution is -2.19. The van der Waals surface area contributed by atoms with Crippen molar-refractivity contribution in [1.82, 2.24) is 4.98 Å². The number of rotatable bonds is 6. The van der Waals surface area contributed by atoms with Gasteiger partial charge in [0.05, 0.1) is 13.5 Å². The van der Waals surface area contributed by atoms with Gasteiger partial charge in [-0.15, -0.1) is 0 Å². The van der Waals surface area contributed by atoms with Gasteiger partial charge in [0.15, 0.2) is 0 Å². The number of methoxy groups -OCH3 is 1. The maximum atomic E-state index is 12.5. The Morgan fingerprint density at radius 3 is 2.16 bits per heavy atom. The highest BCUT2D eigenvalue weighted by Crippen LogP contribution is 2.24. The standard InChI is InChI=1S/C24H22N4O3/c1-31-20-11-12-22-21(14-20)16(15-25-22)13-23(29)26-18-7-9-19(10-8-18)28-24(30)27-17-5-3-2-4-6-17/h2-12,14-15,25H,13H2,1H3,(H,26,29)(H2,27,28,30). The third-order valence-corrected chi connectivity index (χ3v) is 4.78. The van der Waals surface area contributed by atoms with E-state index in [-0.39, 0.29) is 18.4 Å². The van der Waals surface area contributed by atoms with Gasteiger partial charge in [0.1, 0.15) is 5.75 Å². The van der Waals surface area contributed by atoms with E-state index >= 15 is 0 Å². The van der Waals surface area contributed by atoms with E-state index in [2.05, 4.69) is 20.9 Å². The number of amides is 3. The predicted molar refractivity (Wildman–Crippen MR) is 123 cm³/mol. The fourth-order valence-electron chi connectivity index (χ4n) is 3.26. The van der Waals surface area contributed by atoms with Crippen molar-refractivity contribution < 1.29 is 14.3 Å². The van der Waals surface area contributed by atoms with Crippen molar-refractivity contribution in [2.45, 2.75) is 6.42 Å². The van der Waals surface area contributed by atoms with Crippen LogP contribution >= 0.6 is 0 Å². The molecule has 0 aliphatic carbocycles. The summed E-state index contributed by atoms with van der Waals surface area (Å²) in [5.41, 5.74) is 3.82. The number of H-pyrrole nitrogens is 1. The third-order valence-electron chi connectivity index (χ3n) is 4.78. The van der Waals surface area contributed by atoms with E-state index in [1.165, 1.54) is 0 Å². The highest BCUT2D eigenvalue weighted by atomic mass is 16.5. The van der Waals surface area contributed by atoms with Gasteiger partial charge in [-0.3, -0.25) is 4.79 Å². The Balaban J connectivity index is 1.34. The lowest BCUT2D eigenvalue weighted by molar-refractivity contribution is -0.115. The van der Waals surface area contributed by atoms with Crippen molar-refractivity contribution in [2.24, 2.45) is 0 Å². The van der Waals surface area contributed by atoms with Crippen molar-refractivity contribution in [1.29, 1.82) is 0 Å². The second-order valence-corrected chi connectivity index (χ2v) is 6.97. The Morgan fingerprint density at radius 2 is 1.48 bits per heavy atom. The minimum absolute atomic E-state index is 0.133. The molecule has 31 heavy (non-hydrogen) atoms. The van der Waals surface area contributed by atoms with E-state index < -0.39 is 0 Å². The topological polar surface area (TPSA) is 95.2 Å². The van der Waals surface area contributed by atoms with Crippen molar-refractivity contribution in [3.8, 4) is 5.75 Å². The summed E-state index contributed by atoms with van der Waals surface area (Å²) in [7, 11) is 1.62. The number of nitrogens with one attached hydrogen (secondary N) is 4. The molecule has 3 amide bonds. The zero-order valence-corrected chi connectivity index (χ0v) is 16.9. The molecule has 3 aromatic carbocycles. The van der Waals surface area contributed by atoms with Crippen LogP contribution in [0.2, 0.25) is 0 Å². The van der Waals surface area contributed by atoms with Crippen molar-refractivity contribution in [2.75, 3.05) is 23.1 Å². The van der Waals surface area contributed by atoms with Crippen LogP contribution in [0.4, 0.5) is 21.9 Å². The molecular formula is C24H22N4O3. The van der Waals surface area contributed by atoms with Gasteiger partial charge in [-0.05, 0) is 60.2 Å². The summed E-state index contributed by atoms with van der Waals surface area (Å²) >= 11 is 0. The number of benzene rings is 3. The molecule has 0 atom stereocenters. The number of carbonyl (C=O) groups excluding carboxylic acids is 2. The molecule has 1 heterocycles. The number of carbonyl (C=O) groups is 2. The summed E-state index contributed by atoms with van der Waals surface area (Å²) in [6.07, 6.45) is 2.06. The molecule has 0 saturated heterocycles. The van der Waals surface area contributed by atoms with Crippen LogP contribution in [0.25, 0.3) is 10.9 Å². The van der Waals surface area contributed by atoms with Gasteiger partial charge in [0.25, 0.3) is 0 Å². The first kappa shape index (κ1) is 20.0. The van der Waals surface area contributed by atoms with Crippen LogP contribution in [0.15, 0.2) is 79.0 Å². The second kappa shape index (κ2) is 9.04. The number of hydrogen-bond acceptors (Lipinski definition) is 3. The summed E-state index contributed by atoms with van der Waals surface area (Å²) in [5, 5.41) is 9.35. The van der Waals surface area contributed by atoms with Crippen molar-refractivity contribution in [3.05, 3.63) is 84.6 Å². The lowest BCUT2D eigenvalue weighted by Gasteiger charge is -2.09. The number of fused-ring (bicyclic) bond motifs is 1. The van der Waals surface area contributed by atoms with Crippen LogP contribution in [-0.2, 0) is 11.2 Å². The molecule has 4 N–H and O–H groups in total. The first-order chi connectivity index (χ1) is 15.1. The van der Waals surface area contributed by atoms with Gasteiger partial charge in [0.2, 0.25) is 5.91 Å². The molecule has 4 rings (SSSR count). The molecule has 1 aromatic heterocycles. The van der Waals surface area contributed by atoms with E-state index in [1.54, 1.807) is 31.4 Å². The average molecular weight is 414 g/mol. The second-order valence-electron chi connectivity index (χ2n) is 6.97. The molecule has 0 radical (unpaired) electrons. The molecule has 0 spiro atoms. The van der Waals surface area contributed by atoms with E-state index in [0.29, 0.717) is 17.1 Å². The number of ether oxygens (including phenoxy) is 1. The normalized spacial score (nSPS) is 10.5. The van der Waals surface area contributed by atoms with Gasteiger partial charge < -0.3 is 25.7 Å². The maximum absolute atomic E-state index is 12.5. The minimum atomic E-state index is -0.335. The fraction of sp³-hybridized carbons (Fsp3) is 0.0833. The fourth-order valence-corrected chi connectivity index (χ4v) is 3.26. The molecule has 7 heteroatoms. The molecule has 4 aromatic rings. The summed E-state index contributed by atoms with van der Waals surface area (Å²) < 4.78 is 5.27. The van der Waals surface area contributed by atoms with Gasteiger partial charge in [0, 0.05) is 34.2 Å². The van der Waals surface area contributed by atoms with E-state index in [4.69, 9.17) is 4.74 Å². The van der Waals surface area contributed by atoms with Crippen LogP contribution in [0.1, 0.15) is 5.56 Å². The quantitative estimate of drug-likeness (QED) is 0.357. The molecule has 0 bridgehead atoms. The highest BCUT2D eigenvalue weighted by molar-refractivity contribution is 6.00. The Morgan fingerprint density at radius 1 is 0.839 bits per heavy atom. The van der Waals surface area contributed by atoms with Gasteiger partial charge in [-0.1, -0.05) is 18.2 Å². The number of hydrogen-bond donors (Lipinski definition) is 4. The van der Waals surface area contributed by atoms with Crippen LogP contribution in [0.3, 0.4) is 0 Å². The Bertz CT molecular complexity index is 1200. The number of aromatic nitrogens is 1. The SMILES string of the molecule is COc1ccc2[nH]cc(CC(=O)Nc3ccc(NC(=O)Nc4ccccc4)cc3)c2c1. The Hall–Kier alpha value is -4.26.